The van der Waals surface area contributed by atoms with Gasteiger partial charge in [-0.15, -0.1) is 0 Å². The van der Waals surface area contributed by atoms with Gasteiger partial charge < -0.3 is 4.74 Å². The quantitative estimate of drug-likeness (QED) is 0.485. The Hall–Kier alpha value is -1.97. The summed E-state index contributed by atoms with van der Waals surface area (Å²) < 4.78 is 5.29. The largest absolute Gasteiger partial charge is 0.460 e. The van der Waals surface area contributed by atoms with E-state index < -0.39 is 11.4 Å². The zero-order valence-corrected chi connectivity index (χ0v) is 12.2. The van der Waals surface area contributed by atoms with Crippen molar-refractivity contribution in [3.05, 3.63) is 42.2 Å². The molecule has 0 saturated heterocycles. The molecule has 1 saturated carbocycles. The summed E-state index contributed by atoms with van der Waals surface area (Å²) in [6.45, 7) is 5.76. The Morgan fingerprint density at radius 3 is 3.14 bits per heavy atom. The zero-order chi connectivity index (χ0) is 15.0. The van der Waals surface area contributed by atoms with Gasteiger partial charge in [0.1, 0.15) is 6.61 Å². The molecule has 0 aliphatic heterocycles. The van der Waals surface area contributed by atoms with Crippen molar-refractivity contribution >= 4 is 11.8 Å². The number of ether oxygens (including phenoxy) is 1. The SMILES string of the molecule is C=CCOC(=O)[C@]12C(=O)C[C@H](C)C[C@H]1Cc1ncccc12. The van der Waals surface area contributed by atoms with E-state index in [4.69, 9.17) is 4.74 Å². The maximum atomic E-state index is 12.8. The molecule has 0 bridgehead atoms. The molecule has 21 heavy (non-hydrogen) atoms. The van der Waals surface area contributed by atoms with Gasteiger partial charge in [0.05, 0.1) is 0 Å². The molecule has 0 spiro atoms. The van der Waals surface area contributed by atoms with Gasteiger partial charge in [0.15, 0.2) is 11.2 Å². The summed E-state index contributed by atoms with van der Waals surface area (Å²) in [5.41, 5.74) is 0.473. The van der Waals surface area contributed by atoms with E-state index in [1.165, 1.54) is 6.08 Å². The highest BCUT2D eigenvalue weighted by Gasteiger charge is 2.61. The van der Waals surface area contributed by atoms with Crippen LogP contribution in [0.3, 0.4) is 0 Å². The number of carbonyl (C=O) groups excluding carboxylic acids is 2. The van der Waals surface area contributed by atoms with E-state index in [2.05, 4.69) is 18.5 Å². The van der Waals surface area contributed by atoms with Crippen LogP contribution in [-0.2, 0) is 26.2 Å². The minimum atomic E-state index is -1.14. The van der Waals surface area contributed by atoms with Crippen molar-refractivity contribution in [2.45, 2.75) is 31.6 Å². The van der Waals surface area contributed by atoms with Crippen LogP contribution in [0.15, 0.2) is 31.0 Å². The fourth-order valence-corrected chi connectivity index (χ4v) is 3.89. The molecule has 2 aliphatic carbocycles. The van der Waals surface area contributed by atoms with Crippen LogP contribution in [-0.4, -0.2) is 23.3 Å². The third-order valence-electron chi connectivity index (χ3n) is 4.68. The predicted molar refractivity (Wildman–Crippen MR) is 77.7 cm³/mol. The van der Waals surface area contributed by atoms with Crippen LogP contribution >= 0.6 is 0 Å². The highest BCUT2D eigenvalue weighted by Crippen LogP contribution is 2.51. The summed E-state index contributed by atoms with van der Waals surface area (Å²) >= 11 is 0. The van der Waals surface area contributed by atoms with Crippen LogP contribution in [0.2, 0.25) is 0 Å². The van der Waals surface area contributed by atoms with Crippen LogP contribution in [0.25, 0.3) is 0 Å². The van der Waals surface area contributed by atoms with Crippen LogP contribution < -0.4 is 0 Å². The first-order valence-corrected chi connectivity index (χ1v) is 7.36. The number of ketones is 1. The van der Waals surface area contributed by atoms with Gasteiger partial charge in [-0.25, -0.2) is 0 Å². The molecule has 0 unspecified atom stereocenters. The van der Waals surface area contributed by atoms with E-state index in [1.54, 1.807) is 12.3 Å². The van der Waals surface area contributed by atoms with Gasteiger partial charge >= 0.3 is 5.97 Å². The molecule has 4 heteroatoms. The Kier molecular flexibility index (Phi) is 3.40. The number of hydrogen-bond acceptors (Lipinski definition) is 4. The van der Waals surface area contributed by atoms with Crippen LogP contribution in [0.5, 0.6) is 0 Å². The fourth-order valence-electron chi connectivity index (χ4n) is 3.89. The molecule has 3 atom stereocenters. The standard InChI is InChI=1S/C17H19NO3/c1-3-7-21-16(20)17-12(8-11(2)9-15(17)19)10-14-13(17)5-4-6-18-14/h3-6,11-12H,1,7-10H2,2H3/t11-,12+,17-/m1/s1. The summed E-state index contributed by atoms with van der Waals surface area (Å²) in [6, 6.07) is 3.64. The van der Waals surface area contributed by atoms with E-state index in [0.29, 0.717) is 18.8 Å². The van der Waals surface area contributed by atoms with Crippen molar-refractivity contribution in [1.29, 1.82) is 0 Å². The van der Waals surface area contributed by atoms with Gasteiger partial charge in [-0.2, -0.15) is 0 Å². The minimum Gasteiger partial charge on any atom is -0.460 e. The first kappa shape index (κ1) is 14.0. The van der Waals surface area contributed by atoms with E-state index in [-0.39, 0.29) is 18.3 Å². The molecule has 1 fully saturated rings. The highest BCUT2D eigenvalue weighted by molar-refractivity contribution is 6.11. The second kappa shape index (κ2) is 5.10. The molecule has 0 radical (unpaired) electrons. The summed E-state index contributed by atoms with van der Waals surface area (Å²) in [5.74, 6) is -0.184. The van der Waals surface area contributed by atoms with Gasteiger partial charge in [0, 0.05) is 18.3 Å². The Morgan fingerprint density at radius 2 is 2.38 bits per heavy atom. The molecule has 0 N–H and O–H groups in total. The average molecular weight is 285 g/mol. The number of esters is 1. The molecule has 1 aromatic rings. The summed E-state index contributed by atoms with van der Waals surface area (Å²) in [7, 11) is 0. The summed E-state index contributed by atoms with van der Waals surface area (Å²) in [6.07, 6.45) is 5.19. The van der Waals surface area contributed by atoms with Gasteiger partial charge in [0.25, 0.3) is 0 Å². The van der Waals surface area contributed by atoms with E-state index in [9.17, 15) is 9.59 Å². The monoisotopic (exact) mass is 285 g/mol. The number of aromatic nitrogens is 1. The van der Waals surface area contributed by atoms with Crippen molar-refractivity contribution < 1.29 is 14.3 Å². The molecule has 0 amide bonds. The first-order chi connectivity index (χ1) is 10.1. The fraction of sp³-hybridized carbons (Fsp3) is 0.471. The first-order valence-electron chi connectivity index (χ1n) is 7.36. The van der Waals surface area contributed by atoms with Crippen LogP contribution in [0.4, 0.5) is 0 Å². The molecular formula is C17H19NO3. The van der Waals surface area contributed by atoms with Crippen molar-refractivity contribution in [1.82, 2.24) is 4.98 Å². The predicted octanol–water partition coefficient (Wildman–Crippen LogP) is 2.22. The molecule has 3 rings (SSSR count). The van der Waals surface area contributed by atoms with Crippen LogP contribution in [0, 0.1) is 11.8 Å². The van der Waals surface area contributed by atoms with Crippen molar-refractivity contribution in [3.63, 3.8) is 0 Å². The number of pyridine rings is 1. The Bertz CT molecular complexity index is 610. The topological polar surface area (TPSA) is 56.3 Å². The average Bonchev–Trinajstić information content (AvgIpc) is 2.79. The second-order valence-corrected chi connectivity index (χ2v) is 6.06. The molecule has 4 nitrogen and oxygen atoms in total. The van der Waals surface area contributed by atoms with E-state index in [1.807, 2.05) is 6.07 Å². The molecule has 1 heterocycles. The van der Waals surface area contributed by atoms with Crippen molar-refractivity contribution in [2.75, 3.05) is 6.61 Å². The smallest absolute Gasteiger partial charge is 0.324 e. The molecule has 0 aromatic carbocycles. The maximum Gasteiger partial charge on any atom is 0.324 e. The van der Waals surface area contributed by atoms with Gasteiger partial charge in [0.2, 0.25) is 0 Å². The van der Waals surface area contributed by atoms with Gasteiger partial charge in [-0.05, 0) is 36.3 Å². The van der Waals surface area contributed by atoms with E-state index >= 15 is 0 Å². The number of Topliss-reactive ketones (excluding diaryl/α,β-unsaturated/α-hetero) is 1. The molecule has 1 aromatic heterocycles. The number of nitrogens with zero attached hydrogens (tertiary/aromatic N) is 1. The number of fused-ring (bicyclic) bond motifs is 3. The lowest BCUT2D eigenvalue weighted by Gasteiger charge is -2.38. The van der Waals surface area contributed by atoms with Crippen molar-refractivity contribution in [3.8, 4) is 0 Å². The number of hydrogen-bond donors (Lipinski definition) is 0. The Labute approximate surface area is 124 Å². The Morgan fingerprint density at radius 1 is 1.57 bits per heavy atom. The minimum absolute atomic E-state index is 0.0212. The van der Waals surface area contributed by atoms with E-state index in [0.717, 1.165) is 17.7 Å². The van der Waals surface area contributed by atoms with Gasteiger partial charge in [-0.1, -0.05) is 25.6 Å². The third-order valence-corrected chi connectivity index (χ3v) is 4.68. The summed E-state index contributed by atoms with van der Waals surface area (Å²) in [4.78, 5) is 29.9. The van der Waals surface area contributed by atoms with Crippen LogP contribution in [0.1, 0.15) is 31.0 Å². The summed E-state index contributed by atoms with van der Waals surface area (Å²) in [5, 5.41) is 0. The lowest BCUT2D eigenvalue weighted by atomic mass is 9.62. The number of rotatable bonds is 3. The zero-order valence-electron chi connectivity index (χ0n) is 12.2. The second-order valence-electron chi connectivity index (χ2n) is 6.06. The maximum absolute atomic E-state index is 12.8. The van der Waals surface area contributed by atoms with Gasteiger partial charge in [-0.3, -0.25) is 14.6 Å². The molecular weight excluding hydrogens is 266 g/mol. The molecule has 2 aliphatic rings. The highest BCUT2D eigenvalue weighted by atomic mass is 16.5. The molecule has 110 valence electrons. The Balaban J connectivity index is 2.11. The number of carbonyl (C=O) groups is 2. The normalized spacial score (nSPS) is 30.4. The van der Waals surface area contributed by atoms with Crippen molar-refractivity contribution in [2.24, 2.45) is 11.8 Å². The lowest BCUT2D eigenvalue weighted by Crippen LogP contribution is -2.52. The lowest BCUT2D eigenvalue weighted by molar-refractivity contribution is -0.158. The third kappa shape index (κ3) is 1.93.